The Kier molecular flexibility index (Phi) is 11.1. The standard InChI is InChI=1S/C26H29FN4O5S.ClH/c1-3-36-24(21-12-11-20(35-2)14-22(21)27)26(32)30-15-19-10-9-18(25(28)29)13-23(19)31-37(33,34)16-17-7-5-4-6-8-17;/h4-14,24,31H,3,15-16H2,1-2H3,(H3,28,29)(H,30,32);1H. The van der Waals surface area contributed by atoms with Gasteiger partial charge in [0.05, 0.1) is 18.6 Å². The number of amidine groups is 1. The van der Waals surface area contributed by atoms with Gasteiger partial charge in [-0.3, -0.25) is 14.9 Å². The molecule has 3 aromatic rings. The Hall–Kier alpha value is -3.67. The van der Waals surface area contributed by atoms with Crippen molar-refractivity contribution in [1.82, 2.24) is 5.32 Å². The molecular formula is C26H30ClFN4O5S. The van der Waals surface area contributed by atoms with Crippen LogP contribution in [-0.2, 0) is 31.9 Å². The summed E-state index contributed by atoms with van der Waals surface area (Å²) in [6, 6.07) is 17.3. The number of amides is 1. The Morgan fingerprint density at radius 2 is 1.82 bits per heavy atom. The third-order valence-electron chi connectivity index (χ3n) is 5.40. The highest BCUT2D eigenvalue weighted by atomic mass is 35.5. The molecule has 204 valence electrons. The van der Waals surface area contributed by atoms with Crippen molar-refractivity contribution in [2.24, 2.45) is 5.73 Å². The van der Waals surface area contributed by atoms with Crippen LogP contribution in [0.4, 0.5) is 10.1 Å². The lowest BCUT2D eigenvalue weighted by molar-refractivity contribution is -0.133. The summed E-state index contributed by atoms with van der Waals surface area (Å²) in [6.45, 7) is 1.74. The van der Waals surface area contributed by atoms with Crippen molar-refractivity contribution in [3.8, 4) is 5.75 Å². The van der Waals surface area contributed by atoms with Crippen molar-refractivity contribution in [3.63, 3.8) is 0 Å². The normalized spacial score (nSPS) is 11.7. The number of ether oxygens (including phenoxy) is 2. The highest BCUT2D eigenvalue weighted by Gasteiger charge is 2.25. The van der Waals surface area contributed by atoms with Crippen LogP contribution in [0, 0.1) is 11.2 Å². The molecule has 0 aromatic heterocycles. The molecule has 5 N–H and O–H groups in total. The third-order valence-corrected chi connectivity index (χ3v) is 6.64. The van der Waals surface area contributed by atoms with Gasteiger partial charge in [-0.25, -0.2) is 12.8 Å². The van der Waals surface area contributed by atoms with E-state index in [1.807, 2.05) is 0 Å². The second kappa shape index (κ2) is 13.8. The van der Waals surface area contributed by atoms with Gasteiger partial charge >= 0.3 is 0 Å². The van der Waals surface area contributed by atoms with Gasteiger partial charge in [0.1, 0.15) is 17.4 Å². The van der Waals surface area contributed by atoms with Crippen molar-refractivity contribution in [2.75, 3.05) is 18.4 Å². The molecule has 0 radical (unpaired) electrons. The van der Waals surface area contributed by atoms with E-state index in [9.17, 15) is 17.6 Å². The first-order valence-corrected chi connectivity index (χ1v) is 13.0. The maximum atomic E-state index is 14.6. The number of carbonyl (C=O) groups is 1. The highest BCUT2D eigenvalue weighted by molar-refractivity contribution is 7.91. The minimum atomic E-state index is -3.83. The number of benzene rings is 3. The van der Waals surface area contributed by atoms with Crippen LogP contribution in [0.5, 0.6) is 5.75 Å². The lowest BCUT2D eigenvalue weighted by Gasteiger charge is -2.19. The van der Waals surface area contributed by atoms with Crippen molar-refractivity contribution < 1.29 is 27.1 Å². The van der Waals surface area contributed by atoms with Crippen LogP contribution in [0.1, 0.15) is 35.3 Å². The number of anilines is 1. The molecule has 0 spiro atoms. The van der Waals surface area contributed by atoms with Crippen LogP contribution in [0.2, 0.25) is 0 Å². The molecule has 0 fully saturated rings. The number of nitrogens with two attached hydrogens (primary N) is 1. The molecule has 0 heterocycles. The molecule has 9 nitrogen and oxygen atoms in total. The van der Waals surface area contributed by atoms with E-state index in [1.54, 1.807) is 49.4 Å². The van der Waals surface area contributed by atoms with Crippen LogP contribution in [-0.4, -0.2) is 33.9 Å². The summed E-state index contributed by atoms with van der Waals surface area (Å²) in [6.07, 6.45) is -1.23. The fraction of sp³-hybridized carbons (Fsp3) is 0.231. The zero-order valence-electron chi connectivity index (χ0n) is 20.9. The minimum Gasteiger partial charge on any atom is -0.497 e. The average Bonchev–Trinajstić information content (AvgIpc) is 2.86. The molecule has 0 aliphatic heterocycles. The van der Waals surface area contributed by atoms with E-state index < -0.39 is 27.9 Å². The molecule has 0 aliphatic carbocycles. The zero-order chi connectivity index (χ0) is 27.0. The van der Waals surface area contributed by atoms with E-state index in [1.165, 1.54) is 25.3 Å². The SMILES string of the molecule is CCOC(C(=O)NCc1ccc(C(=N)N)cc1NS(=O)(=O)Cc1ccccc1)c1ccc(OC)cc1F.Cl. The van der Waals surface area contributed by atoms with Gasteiger partial charge in [-0.2, -0.15) is 0 Å². The van der Waals surface area contributed by atoms with E-state index in [0.717, 1.165) is 6.07 Å². The summed E-state index contributed by atoms with van der Waals surface area (Å²) in [5.41, 5.74) is 7.10. The minimum absolute atomic E-state index is 0. The van der Waals surface area contributed by atoms with Crippen molar-refractivity contribution in [2.45, 2.75) is 25.3 Å². The Bertz CT molecular complexity index is 1370. The molecule has 12 heteroatoms. The van der Waals surface area contributed by atoms with Crippen molar-refractivity contribution in [3.05, 3.63) is 94.8 Å². The van der Waals surface area contributed by atoms with Gasteiger partial charge in [0.25, 0.3) is 5.91 Å². The number of nitrogens with one attached hydrogen (secondary N) is 3. The Balaban J connectivity index is 0.00000507. The number of methoxy groups -OCH3 is 1. The number of nitrogen functional groups attached to an aromatic ring is 1. The molecule has 1 unspecified atom stereocenters. The molecule has 3 rings (SSSR count). The number of rotatable bonds is 12. The van der Waals surface area contributed by atoms with E-state index in [2.05, 4.69) is 10.0 Å². The van der Waals surface area contributed by atoms with E-state index >= 15 is 0 Å². The van der Waals surface area contributed by atoms with E-state index in [4.69, 9.17) is 20.6 Å². The predicted molar refractivity (Wildman–Crippen MR) is 147 cm³/mol. The first-order valence-electron chi connectivity index (χ1n) is 11.4. The zero-order valence-corrected chi connectivity index (χ0v) is 22.5. The van der Waals surface area contributed by atoms with E-state index in [0.29, 0.717) is 22.4 Å². The molecular weight excluding hydrogens is 535 g/mol. The smallest absolute Gasteiger partial charge is 0.254 e. The van der Waals surface area contributed by atoms with Gasteiger partial charge in [-0.05, 0) is 36.2 Å². The Labute approximate surface area is 227 Å². The van der Waals surface area contributed by atoms with Gasteiger partial charge in [-0.1, -0.05) is 42.5 Å². The summed E-state index contributed by atoms with van der Waals surface area (Å²) in [4.78, 5) is 13.0. The van der Waals surface area contributed by atoms with Gasteiger partial charge in [0, 0.05) is 30.3 Å². The van der Waals surface area contributed by atoms with Crippen molar-refractivity contribution in [1.29, 1.82) is 5.41 Å². The van der Waals surface area contributed by atoms with E-state index in [-0.39, 0.29) is 48.4 Å². The van der Waals surface area contributed by atoms with Gasteiger partial charge in [0.2, 0.25) is 10.0 Å². The quantitative estimate of drug-likeness (QED) is 0.194. The number of hydrogen-bond acceptors (Lipinski definition) is 6. The lowest BCUT2D eigenvalue weighted by Crippen LogP contribution is -2.31. The molecule has 0 saturated carbocycles. The topological polar surface area (TPSA) is 144 Å². The molecule has 0 saturated heterocycles. The Morgan fingerprint density at radius 3 is 2.42 bits per heavy atom. The molecule has 0 bridgehead atoms. The van der Waals surface area contributed by atoms with Gasteiger partial charge in [-0.15, -0.1) is 12.4 Å². The second-order valence-electron chi connectivity index (χ2n) is 8.07. The summed E-state index contributed by atoms with van der Waals surface area (Å²) in [7, 11) is -2.42. The highest BCUT2D eigenvalue weighted by Crippen LogP contribution is 2.26. The lowest BCUT2D eigenvalue weighted by atomic mass is 10.1. The summed E-state index contributed by atoms with van der Waals surface area (Å²) in [5, 5.41) is 10.4. The first kappa shape index (κ1) is 30.6. The molecule has 1 amide bonds. The number of hydrogen-bond donors (Lipinski definition) is 4. The Morgan fingerprint density at radius 1 is 1.11 bits per heavy atom. The van der Waals surface area contributed by atoms with Crippen LogP contribution >= 0.6 is 12.4 Å². The number of halogens is 2. The fourth-order valence-corrected chi connectivity index (χ4v) is 4.81. The first-order chi connectivity index (χ1) is 17.6. The van der Waals surface area contributed by atoms with Gasteiger partial charge in [0.15, 0.2) is 6.10 Å². The second-order valence-corrected chi connectivity index (χ2v) is 9.80. The summed E-state index contributed by atoms with van der Waals surface area (Å²) in [5.74, 6) is -1.49. The largest absolute Gasteiger partial charge is 0.497 e. The molecule has 38 heavy (non-hydrogen) atoms. The summed E-state index contributed by atoms with van der Waals surface area (Å²) >= 11 is 0. The number of sulfonamides is 1. The molecule has 0 aliphatic rings. The van der Waals surface area contributed by atoms with Gasteiger partial charge < -0.3 is 20.5 Å². The van der Waals surface area contributed by atoms with Crippen LogP contribution in [0.25, 0.3) is 0 Å². The monoisotopic (exact) mass is 564 g/mol. The maximum Gasteiger partial charge on any atom is 0.254 e. The molecule has 1 atom stereocenters. The maximum absolute atomic E-state index is 14.6. The number of carbonyl (C=O) groups excluding carboxylic acids is 1. The predicted octanol–water partition coefficient (Wildman–Crippen LogP) is 3.88. The summed E-state index contributed by atoms with van der Waals surface area (Å²) < 4.78 is 53.4. The van der Waals surface area contributed by atoms with Crippen molar-refractivity contribution >= 4 is 39.9 Å². The van der Waals surface area contributed by atoms with Crippen LogP contribution in [0.3, 0.4) is 0 Å². The van der Waals surface area contributed by atoms with Crippen LogP contribution in [0.15, 0.2) is 66.7 Å². The molecule has 3 aromatic carbocycles. The fourth-order valence-electron chi connectivity index (χ4n) is 3.59. The van der Waals surface area contributed by atoms with Crippen LogP contribution < -0.4 is 20.5 Å². The third kappa shape index (κ3) is 8.17. The average molecular weight is 565 g/mol.